The monoisotopic (exact) mass is 280 g/mol. The molecule has 4 rings (SSSR count). The lowest BCUT2D eigenvalue weighted by Gasteiger charge is -2.27. The number of hydrogen-bond donors (Lipinski definition) is 1. The second-order valence-electron chi connectivity index (χ2n) is 6.00. The molecule has 2 aromatic rings. The average molecular weight is 280 g/mol. The molecule has 0 amide bonds. The third-order valence-electron chi connectivity index (χ3n) is 4.45. The SMILES string of the molecule is c1cnc(CN2CC(C3CC3)NCc3ccccc32)nc1. The Bertz CT molecular complexity index is 609. The summed E-state index contributed by atoms with van der Waals surface area (Å²) in [6, 6.07) is 11.1. The fraction of sp³-hybridized carbons (Fsp3) is 0.412. The number of para-hydroxylation sites is 1. The summed E-state index contributed by atoms with van der Waals surface area (Å²) >= 11 is 0. The molecule has 1 fully saturated rings. The van der Waals surface area contributed by atoms with Crippen molar-refractivity contribution in [2.24, 2.45) is 5.92 Å². The van der Waals surface area contributed by atoms with Gasteiger partial charge in [-0.05, 0) is 36.5 Å². The number of nitrogens with zero attached hydrogens (tertiary/aromatic N) is 3. The number of fused-ring (bicyclic) bond motifs is 1. The van der Waals surface area contributed by atoms with E-state index in [0.29, 0.717) is 6.04 Å². The zero-order chi connectivity index (χ0) is 14.1. The highest BCUT2D eigenvalue weighted by Crippen LogP contribution is 2.36. The summed E-state index contributed by atoms with van der Waals surface area (Å²) in [6.45, 7) is 2.78. The lowest BCUT2D eigenvalue weighted by molar-refractivity contribution is 0.465. The topological polar surface area (TPSA) is 41.1 Å². The van der Waals surface area contributed by atoms with Crippen molar-refractivity contribution in [2.75, 3.05) is 11.4 Å². The van der Waals surface area contributed by atoms with E-state index in [0.717, 1.165) is 31.4 Å². The maximum Gasteiger partial charge on any atom is 0.147 e. The largest absolute Gasteiger partial charge is 0.362 e. The van der Waals surface area contributed by atoms with Crippen LogP contribution in [-0.4, -0.2) is 22.6 Å². The highest BCUT2D eigenvalue weighted by atomic mass is 15.2. The first-order valence-electron chi connectivity index (χ1n) is 7.72. The minimum absolute atomic E-state index is 0.584. The molecule has 4 heteroatoms. The van der Waals surface area contributed by atoms with E-state index in [-0.39, 0.29) is 0 Å². The van der Waals surface area contributed by atoms with Crippen molar-refractivity contribution in [2.45, 2.75) is 32.0 Å². The molecular formula is C17H20N4. The molecule has 4 nitrogen and oxygen atoms in total. The van der Waals surface area contributed by atoms with Crippen LogP contribution in [0.5, 0.6) is 0 Å². The van der Waals surface area contributed by atoms with Crippen LogP contribution in [-0.2, 0) is 13.1 Å². The second-order valence-corrected chi connectivity index (χ2v) is 6.00. The van der Waals surface area contributed by atoms with E-state index in [1.54, 1.807) is 0 Å². The van der Waals surface area contributed by atoms with E-state index in [1.165, 1.54) is 24.1 Å². The molecule has 21 heavy (non-hydrogen) atoms. The molecule has 2 heterocycles. The van der Waals surface area contributed by atoms with E-state index in [2.05, 4.69) is 44.5 Å². The number of nitrogens with one attached hydrogen (secondary N) is 1. The van der Waals surface area contributed by atoms with Gasteiger partial charge in [0.1, 0.15) is 5.82 Å². The van der Waals surface area contributed by atoms with E-state index in [4.69, 9.17) is 0 Å². The van der Waals surface area contributed by atoms with Crippen LogP contribution in [0, 0.1) is 5.92 Å². The van der Waals surface area contributed by atoms with Crippen LogP contribution in [0.4, 0.5) is 5.69 Å². The van der Waals surface area contributed by atoms with Crippen molar-refractivity contribution in [1.82, 2.24) is 15.3 Å². The highest BCUT2D eigenvalue weighted by Gasteiger charge is 2.34. The third kappa shape index (κ3) is 2.76. The Morgan fingerprint density at radius 1 is 1.10 bits per heavy atom. The summed E-state index contributed by atoms with van der Waals surface area (Å²) < 4.78 is 0. The first-order chi connectivity index (χ1) is 10.4. The Hall–Kier alpha value is -1.94. The second kappa shape index (κ2) is 5.45. The Morgan fingerprint density at radius 3 is 2.71 bits per heavy atom. The Balaban J connectivity index is 1.63. The summed E-state index contributed by atoms with van der Waals surface area (Å²) in [7, 11) is 0. The number of aromatic nitrogens is 2. The van der Waals surface area contributed by atoms with E-state index >= 15 is 0 Å². The minimum Gasteiger partial charge on any atom is -0.362 e. The fourth-order valence-electron chi connectivity index (χ4n) is 3.16. The number of hydrogen-bond acceptors (Lipinski definition) is 4. The zero-order valence-electron chi connectivity index (χ0n) is 12.1. The van der Waals surface area contributed by atoms with Gasteiger partial charge in [-0.3, -0.25) is 0 Å². The Kier molecular flexibility index (Phi) is 3.31. The standard InChI is InChI=1S/C17H20N4/c1-2-5-16-14(4-1)10-20-15(13-6-7-13)11-21(16)12-17-18-8-3-9-19-17/h1-5,8-9,13,15,20H,6-7,10-12H2. The number of rotatable bonds is 3. The molecule has 1 aromatic carbocycles. The van der Waals surface area contributed by atoms with Crippen molar-refractivity contribution in [1.29, 1.82) is 0 Å². The summed E-state index contributed by atoms with van der Waals surface area (Å²) in [6.07, 6.45) is 6.37. The summed E-state index contributed by atoms with van der Waals surface area (Å²) in [5, 5.41) is 3.73. The molecule has 1 N–H and O–H groups in total. The van der Waals surface area contributed by atoms with Crippen LogP contribution < -0.4 is 10.2 Å². The smallest absolute Gasteiger partial charge is 0.147 e. The van der Waals surface area contributed by atoms with Crippen LogP contribution in [0.1, 0.15) is 24.2 Å². The van der Waals surface area contributed by atoms with Crippen molar-refractivity contribution >= 4 is 5.69 Å². The lowest BCUT2D eigenvalue weighted by Crippen LogP contribution is -2.39. The van der Waals surface area contributed by atoms with Gasteiger partial charge in [-0.2, -0.15) is 0 Å². The molecule has 0 radical (unpaired) electrons. The summed E-state index contributed by atoms with van der Waals surface area (Å²) in [5.74, 6) is 1.74. The maximum absolute atomic E-state index is 4.39. The van der Waals surface area contributed by atoms with Gasteiger partial charge in [-0.1, -0.05) is 18.2 Å². The fourth-order valence-corrected chi connectivity index (χ4v) is 3.16. The van der Waals surface area contributed by atoms with Crippen molar-refractivity contribution < 1.29 is 0 Å². The first kappa shape index (κ1) is 12.8. The molecule has 0 spiro atoms. The predicted octanol–water partition coefficient (Wildman–Crippen LogP) is 2.37. The molecule has 1 aliphatic heterocycles. The van der Waals surface area contributed by atoms with Crippen molar-refractivity contribution in [3.63, 3.8) is 0 Å². The molecule has 1 saturated carbocycles. The van der Waals surface area contributed by atoms with E-state index in [9.17, 15) is 0 Å². The summed E-state index contributed by atoms with van der Waals surface area (Å²) in [4.78, 5) is 11.2. The quantitative estimate of drug-likeness (QED) is 0.937. The minimum atomic E-state index is 0.584. The Morgan fingerprint density at radius 2 is 1.90 bits per heavy atom. The van der Waals surface area contributed by atoms with Crippen LogP contribution in [0.2, 0.25) is 0 Å². The lowest BCUT2D eigenvalue weighted by atomic mass is 10.1. The number of anilines is 1. The van der Waals surface area contributed by atoms with Gasteiger partial charge >= 0.3 is 0 Å². The molecule has 108 valence electrons. The zero-order valence-corrected chi connectivity index (χ0v) is 12.1. The molecule has 1 aromatic heterocycles. The molecule has 1 aliphatic carbocycles. The van der Waals surface area contributed by atoms with Gasteiger partial charge in [0.05, 0.1) is 6.54 Å². The Labute approximate surface area is 125 Å². The normalized spacial score (nSPS) is 21.7. The predicted molar refractivity (Wildman–Crippen MR) is 82.9 cm³/mol. The van der Waals surface area contributed by atoms with Crippen LogP contribution in [0.15, 0.2) is 42.7 Å². The third-order valence-corrected chi connectivity index (χ3v) is 4.45. The van der Waals surface area contributed by atoms with Crippen LogP contribution >= 0.6 is 0 Å². The molecule has 2 aliphatic rings. The van der Waals surface area contributed by atoms with Crippen LogP contribution in [0.3, 0.4) is 0 Å². The van der Waals surface area contributed by atoms with Crippen molar-refractivity contribution in [3.05, 3.63) is 54.1 Å². The van der Waals surface area contributed by atoms with Gasteiger partial charge in [-0.15, -0.1) is 0 Å². The number of benzene rings is 1. The summed E-state index contributed by atoms with van der Waals surface area (Å²) in [5.41, 5.74) is 2.69. The van der Waals surface area contributed by atoms with Gasteiger partial charge in [0.15, 0.2) is 0 Å². The molecule has 0 saturated heterocycles. The molecule has 1 atom stereocenters. The van der Waals surface area contributed by atoms with Gasteiger partial charge < -0.3 is 10.2 Å². The molecule has 1 unspecified atom stereocenters. The van der Waals surface area contributed by atoms with E-state index < -0.39 is 0 Å². The highest BCUT2D eigenvalue weighted by molar-refractivity contribution is 5.54. The van der Waals surface area contributed by atoms with Crippen LogP contribution in [0.25, 0.3) is 0 Å². The van der Waals surface area contributed by atoms with Crippen molar-refractivity contribution in [3.8, 4) is 0 Å². The average Bonchev–Trinajstić information content (AvgIpc) is 3.36. The van der Waals surface area contributed by atoms with E-state index in [1.807, 2.05) is 18.5 Å². The first-order valence-corrected chi connectivity index (χ1v) is 7.72. The van der Waals surface area contributed by atoms with Gasteiger partial charge in [-0.25, -0.2) is 9.97 Å². The molecule has 0 bridgehead atoms. The van der Waals surface area contributed by atoms with Gasteiger partial charge in [0.25, 0.3) is 0 Å². The maximum atomic E-state index is 4.39. The molecular weight excluding hydrogens is 260 g/mol. The van der Waals surface area contributed by atoms with Gasteiger partial charge in [0, 0.05) is 37.2 Å². The van der Waals surface area contributed by atoms with Gasteiger partial charge in [0.2, 0.25) is 0 Å².